The molecule has 0 unspecified atom stereocenters. The van der Waals surface area contributed by atoms with E-state index >= 15 is 0 Å². The Morgan fingerprint density at radius 3 is 2.33 bits per heavy atom. The molecule has 142 valence electrons. The number of amides is 2. The van der Waals surface area contributed by atoms with Crippen molar-refractivity contribution in [2.24, 2.45) is 0 Å². The van der Waals surface area contributed by atoms with Crippen LogP contribution in [-0.2, 0) is 21.2 Å². The fourth-order valence-electron chi connectivity index (χ4n) is 3.25. The zero-order valence-corrected chi connectivity index (χ0v) is 16.1. The van der Waals surface area contributed by atoms with Crippen LogP contribution in [0.4, 0.5) is 0 Å². The maximum Gasteiger partial charge on any atom is 0.269 e. The second-order valence-corrected chi connectivity index (χ2v) is 9.05. The van der Waals surface area contributed by atoms with Crippen molar-refractivity contribution in [1.82, 2.24) is 9.62 Å². The minimum atomic E-state index is -3.88. The quantitative estimate of drug-likeness (QED) is 0.826. The summed E-state index contributed by atoms with van der Waals surface area (Å²) in [5.74, 6) is -0.878. The molecular formula is C20H22N2O4S. The van der Waals surface area contributed by atoms with Gasteiger partial charge in [-0.25, -0.2) is 12.7 Å². The first kappa shape index (κ1) is 19.1. The van der Waals surface area contributed by atoms with E-state index in [0.717, 1.165) is 9.87 Å². The molecule has 0 aromatic heterocycles. The van der Waals surface area contributed by atoms with Gasteiger partial charge in [-0.2, -0.15) is 0 Å². The summed E-state index contributed by atoms with van der Waals surface area (Å²) in [5.41, 5.74) is 0.757. The molecule has 6 nitrogen and oxygen atoms in total. The summed E-state index contributed by atoms with van der Waals surface area (Å²) in [6.07, 6.45) is 0.559. The maximum absolute atomic E-state index is 12.5. The van der Waals surface area contributed by atoms with Crippen molar-refractivity contribution in [3.05, 3.63) is 65.7 Å². The number of carbonyl (C=O) groups excluding carboxylic acids is 2. The lowest BCUT2D eigenvalue weighted by molar-refractivity contribution is -0.122. The van der Waals surface area contributed by atoms with Crippen LogP contribution < -0.4 is 5.32 Å². The molecule has 27 heavy (non-hydrogen) atoms. The van der Waals surface area contributed by atoms with Crippen molar-refractivity contribution in [3.63, 3.8) is 0 Å². The normalized spacial score (nSPS) is 15.5. The molecule has 0 saturated heterocycles. The number of fused-ring (bicyclic) bond motifs is 1. The van der Waals surface area contributed by atoms with Gasteiger partial charge in [0, 0.05) is 18.5 Å². The van der Waals surface area contributed by atoms with E-state index in [4.69, 9.17) is 0 Å². The minimum absolute atomic E-state index is 0.000171. The van der Waals surface area contributed by atoms with E-state index in [0.29, 0.717) is 6.42 Å². The van der Waals surface area contributed by atoms with Crippen LogP contribution in [0.1, 0.15) is 36.2 Å². The zero-order valence-electron chi connectivity index (χ0n) is 15.3. The third kappa shape index (κ3) is 4.03. The van der Waals surface area contributed by atoms with Crippen LogP contribution >= 0.6 is 0 Å². The van der Waals surface area contributed by atoms with Crippen molar-refractivity contribution in [1.29, 1.82) is 0 Å². The van der Waals surface area contributed by atoms with Crippen LogP contribution in [0.2, 0.25) is 0 Å². The van der Waals surface area contributed by atoms with Crippen molar-refractivity contribution in [2.75, 3.05) is 6.54 Å². The summed E-state index contributed by atoms with van der Waals surface area (Å²) in [5, 5.41) is 2.92. The Labute approximate surface area is 159 Å². The Bertz CT molecular complexity index is 968. The molecule has 0 saturated carbocycles. The summed E-state index contributed by atoms with van der Waals surface area (Å²) in [6.45, 7) is 3.64. The molecule has 0 aliphatic carbocycles. The lowest BCUT2D eigenvalue weighted by Gasteiger charge is -2.27. The number of hydrogen-bond acceptors (Lipinski definition) is 4. The van der Waals surface area contributed by atoms with Crippen LogP contribution in [0.25, 0.3) is 0 Å². The molecule has 0 fully saturated rings. The van der Waals surface area contributed by atoms with E-state index in [1.807, 2.05) is 44.2 Å². The highest BCUT2D eigenvalue weighted by atomic mass is 32.2. The molecule has 2 aromatic carbocycles. The van der Waals surface area contributed by atoms with Crippen LogP contribution in [0.3, 0.4) is 0 Å². The largest absolute Gasteiger partial charge is 0.351 e. The fraction of sp³-hybridized carbons (Fsp3) is 0.300. The predicted octanol–water partition coefficient (Wildman–Crippen LogP) is 2.36. The topological polar surface area (TPSA) is 83.6 Å². The van der Waals surface area contributed by atoms with E-state index in [-0.39, 0.29) is 29.3 Å². The third-order valence-corrected chi connectivity index (χ3v) is 6.26. The number of carbonyl (C=O) groups is 2. The van der Waals surface area contributed by atoms with E-state index in [1.165, 1.54) is 12.1 Å². The molecule has 7 heteroatoms. The van der Waals surface area contributed by atoms with Gasteiger partial charge in [0.25, 0.3) is 15.9 Å². The zero-order chi connectivity index (χ0) is 19.7. The number of nitrogens with one attached hydrogen (secondary N) is 1. The molecule has 2 amide bonds. The second kappa shape index (κ2) is 7.15. The van der Waals surface area contributed by atoms with Gasteiger partial charge in [0.1, 0.15) is 4.90 Å². The molecule has 1 aliphatic rings. The summed E-state index contributed by atoms with van der Waals surface area (Å²) in [7, 11) is -3.88. The first-order chi connectivity index (χ1) is 12.7. The van der Waals surface area contributed by atoms with E-state index < -0.39 is 21.5 Å². The number of sulfonamides is 1. The molecule has 0 radical (unpaired) electrons. The fourth-order valence-corrected chi connectivity index (χ4v) is 4.82. The summed E-state index contributed by atoms with van der Waals surface area (Å²) < 4.78 is 25.8. The maximum atomic E-state index is 12.5. The molecule has 0 bridgehead atoms. The van der Waals surface area contributed by atoms with E-state index in [2.05, 4.69) is 5.32 Å². The average Bonchev–Trinajstić information content (AvgIpc) is 2.80. The Hall–Kier alpha value is -2.67. The van der Waals surface area contributed by atoms with Crippen molar-refractivity contribution in [2.45, 2.75) is 37.1 Å². The second-order valence-electron chi connectivity index (χ2n) is 7.22. The van der Waals surface area contributed by atoms with Gasteiger partial charge in [0.15, 0.2) is 0 Å². The third-order valence-electron chi connectivity index (χ3n) is 4.42. The molecular weight excluding hydrogens is 364 g/mol. The minimum Gasteiger partial charge on any atom is -0.351 e. The van der Waals surface area contributed by atoms with Gasteiger partial charge >= 0.3 is 0 Å². The first-order valence-electron chi connectivity index (χ1n) is 8.72. The molecule has 2 aromatic rings. The van der Waals surface area contributed by atoms with Crippen LogP contribution in [0, 0.1) is 0 Å². The Morgan fingerprint density at radius 1 is 1.04 bits per heavy atom. The Balaban J connectivity index is 1.62. The van der Waals surface area contributed by atoms with Gasteiger partial charge in [-0.05, 0) is 38.0 Å². The van der Waals surface area contributed by atoms with Crippen molar-refractivity contribution in [3.8, 4) is 0 Å². The highest BCUT2D eigenvalue weighted by Gasteiger charge is 2.40. The summed E-state index contributed by atoms with van der Waals surface area (Å²) in [4.78, 5) is 24.7. The van der Waals surface area contributed by atoms with Crippen LogP contribution in [-0.4, -0.2) is 36.6 Å². The Morgan fingerprint density at radius 2 is 1.67 bits per heavy atom. The van der Waals surface area contributed by atoms with E-state index in [1.54, 1.807) is 12.1 Å². The summed E-state index contributed by atoms with van der Waals surface area (Å²) >= 11 is 0. The van der Waals surface area contributed by atoms with Gasteiger partial charge in [0.2, 0.25) is 5.91 Å². The molecule has 0 spiro atoms. The number of rotatable bonds is 6. The van der Waals surface area contributed by atoms with Gasteiger partial charge in [0.05, 0.1) is 5.56 Å². The first-order valence-corrected chi connectivity index (χ1v) is 10.2. The van der Waals surface area contributed by atoms with Crippen molar-refractivity contribution >= 4 is 21.8 Å². The number of hydrogen-bond donors (Lipinski definition) is 1. The SMILES string of the molecule is CC(C)(Cc1ccccc1)NC(=O)CCN1C(=O)c2ccccc2S1(=O)=O. The van der Waals surface area contributed by atoms with Crippen molar-refractivity contribution < 1.29 is 18.0 Å². The highest BCUT2D eigenvalue weighted by molar-refractivity contribution is 7.90. The monoisotopic (exact) mass is 386 g/mol. The predicted molar refractivity (Wildman–Crippen MR) is 102 cm³/mol. The molecule has 1 aliphatic heterocycles. The lowest BCUT2D eigenvalue weighted by atomic mass is 9.95. The lowest BCUT2D eigenvalue weighted by Crippen LogP contribution is -2.46. The standard InChI is InChI=1S/C20H22N2O4S/c1-20(2,14-15-8-4-3-5-9-15)21-18(23)12-13-22-19(24)16-10-6-7-11-17(16)27(22,25)26/h3-11H,12-14H2,1-2H3,(H,21,23). The summed E-state index contributed by atoms with van der Waals surface area (Å²) in [6, 6.07) is 15.9. The smallest absolute Gasteiger partial charge is 0.269 e. The molecule has 1 heterocycles. The highest BCUT2D eigenvalue weighted by Crippen LogP contribution is 2.29. The van der Waals surface area contributed by atoms with Gasteiger partial charge in [-0.1, -0.05) is 42.5 Å². The molecule has 0 atom stereocenters. The van der Waals surface area contributed by atoms with E-state index in [9.17, 15) is 18.0 Å². The van der Waals surface area contributed by atoms with Gasteiger partial charge in [-0.3, -0.25) is 9.59 Å². The molecule has 3 rings (SSSR count). The van der Waals surface area contributed by atoms with Crippen LogP contribution in [0.5, 0.6) is 0 Å². The Kier molecular flexibility index (Phi) is 5.06. The molecule has 1 N–H and O–H groups in total. The number of benzene rings is 2. The number of nitrogens with zero attached hydrogens (tertiary/aromatic N) is 1. The van der Waals surface area contributed by atoms with Crippen LogP contribution in [0.15, 0.2) is 59.5 Å². The van der Waals surface area contributed by atoms with Gasteiger partial charge in [-0.15, -0.1) is 0 Å². The van der Waals surface area contributed by atoms with Gasteiger partial charge < -0.3 is 5.32 Å². The average molecular weight is 386 g/mol.